The summed E-state index contributed by atoms with van der Waals surface area (Å²) < 4.78 is 0. The molecule has 0 amide bonds. The number of likely N-dealkylation sites (N-methyl/N-ethyl adjacent to an activating group) is 2. The molecule has 0 aliphatic heterocycles. The molecule has 0 aliphatic carbocycles. The first-order valence-corrected chi connectivity index (χ1v) is 6.14. The normalized spacial score (nSPS) is 13.1. The summed E-state index contributed by atoms with van der Waals surface area (Å²) in [6.07, 6.45) is 1.11. The van der Waals surface area contributed by atoms with Crippen molar-refractivity contribution in [2.45, 2.75) is 26.3 Å². The molecule has 2 heteroatoms. The highest BCUT2D eigenvalue weighted by Gasteiger charge is 2.10. The SMILES string of the molecule is CCNC(CN(C)C)c1ccc(CC)cc1. The Kier molecular flexibility index (Phi) is 5.50. The molecular weight excluding hydrogens is 196 g/mol. The fourth-order valence-corrected chi connectivity index (χ4v) is 1.89. The smallest absolute Gasteiger partial charge is 0.0448 e. The van der Waals surface area contributed by atoms with Crippen molar-refractivity contribution in [3.63, 3.8) is 0 Å². The van der Waals surface area contributed by atoms with Crippen molar-refractivity contribution < 1.29 is 0 Å². The van der Waals surface area contributed by atoms with Crippen molar-refractivity contribution in [2.24, 2.45) is 0 Å². The van der Waals surface area contributed by atoms with Crippen molar-refractivity contribution in [3.05, 3.63) is 35.4 Å². The van der Waals surface area contributed by atoms with E-state index in [1.807, 2.05) is 0 Å². The molecule has 1 atom stereocenters. The van der Waals surface area contributed by atoms with Gasteiger partial charge in [-0.05, 0) is 38.2 Å². The van der Waals surface area contributed by atoms with Crippen LogP contribution >= 0.6 is 0 Å². The lowest BCUT2D eigenvalue weighted by Crippen LogP contribution is -2.31. The summed E-state index contributed by atoms with van der Waals surface area (Å²) in [7, 11) is 4.23. The van der Waals surface area contributed by atoms with Gasteiger partial charge in [0.25, 0.3) is 0 Å². The minimum Gasteiger partial charge on any atom is -0.309 e. The third-order valence-corrected chi connectivity index (χ3v) is 2.79. The molecule has 0 spiro atoms. The number of nitrogens with zero attached hydrogens (tertiary/aromatic N) is 1. The first-order chi connectivity index (χ1) is 7.67. The van der Waals surface area contributed by atoms with E-state index in [4.69, 9.17) is 0 Å². The molecule has 2 nitrogen and oxygen atoms in total. The summed E-state index contributed by atoms with van der Waals surface area (Å²) in [5.74, 6) is 0. The molecule has 1 aromatic rings. The molecule has 0 aliphatic rings. The number of nitrogens with one attached hydrogen (secondary N) is 1. The van der Waals surface area contributed by atoms with Crippen LogP contribution in [0, 0.1) is 0 Å². The highest BCUT2D eigenvalue weighted by atomic mass is 15.1. The Bertz CT molecular complexity index is 290. The van der Waals surface area contributed by atoms with Crippen LogP contribution < -0.4 is 5.32 Å². The molecule has 1 unspecified atom stereocenters. The second kappa shape index (κ2) is 6.66. The van der Waals surface area contributed by atoms with Gasteiger partial charge in [0, 0.05) is 12.6 Å². The summed E-state index contributed by atoms with van der Waals surface area (Å²) in [5.41, 5.74) is 2.79. The van der Waals surface area contributed by atoms with E-state index in [-0.39, 0.29) is 0 Å². The van der Waals surface area contributed by atoms with Crippen molar-refractivity contribution in [1.82, 2.24) is 10.2 Å². The summed E-state index contributed by atoms with van der Waals surface area (Å²) in [6.45, 7) is 6.40. The number of benzene rings is 1. The first kappa shape index (κ1) is 13.2. The van der Waals surface area contributed by atoms with Crippen molar-refractivity contribution in [1.29, 1.82) is 0 Å². The van der Waals surface area contributed by atoms with Gasteiger partial charge < -0.3 is 10.2 Å². The van der Waals surface area contributed by atoms with Crippen LogP contribution in [0.2, 0.25) is 0 Å². The average Bonchev–Trinajstić information content (AvgIpc) is 2.28. The van der Waals surface area contributed by atoms with Gasteiger partial charge in [-0.1, -0.05) is 38.1 Å². The Hall–Kier alpha value is -0.860. The maximum Gasteiger partial charge on any atom is 0.0448 e. The zero-order chi connectivity index (χ0) is 12.0. The molecule has 1 N–H and O–H groups in total. The molecule has 0 heterocycles. The lowest BCUT2D eigenvalue weighted by Gasteiger charge is -2.22. The van der Waals surface area contributed by atoms with Crippen LogP contribution in [-0.2, 0) is 6.42 Å². The molecule has 0 bridgehead atoms. The summed E-state index contributed by atoms with van der Waals surface area (Å²) >= 11 is 0. The van der Waals surface area contributed by atoms with Gasteiger partial charge in [0.2, 0.25) is 0 Å². The number of rotatable bonds is 6. The van der Waals surface area contributed by atoms with Crippen LogP contribution in [-0.4, -0.2) is 32.1 Å². The Morgan fingerprint density at radius 2 is 1.75 bits per heavy atom. The topological polar surface area (TPSA) is 15.3 Å². The van der Waals surface area contributed by atoms with Crippen LogP contribution in [0.4, 0.5) is 0 Å². The van der Waals surface area contributed by atoms with Crippen LogP contribution in [0.3, 0.4) is 0 Å². The maximum atomic E-state index is 3.53. The second-order valence-corrected chi connectivity index (χ2v) is 4.47. The predicted octanol–water partition coefficient (Wildman–Crippen LogP) is 2.46. The fourth-order valence-electron chi connectivity index (χ4n) is 1.89. The van der Waals surface area contributed by atoms with Gasteiger partial charge in [-0.3, -0.25) is 0 Å². The molecule has 0 fully saturated rings. The zero-order valence-electron chi connectivity index (χ0n) is 11.0. The molecule has 0 radical (unpaired) electrons. The van der Waals surface area contributed by atoms with Gasteiger partial charge in [0.05, 0.1) is 0 Å². The average molecular weight is 220 g/mol. The molecule has 0 saturated heterocycles. The molecule has 16 heavy (non-hydrogen) atoms. The van der Waals surface area contributed by atoms with E-state index in [9.17, 15) is 0 Å². The largest absolute Gasteiger partial charge is 0.309 e. The van der Waals surface area contributed by atoms with Gasteiger partial charge in [-0.15, -0.1) is 0 Å². The maximum absolute atomic E-state index is 3.53. The van der Waals surface area contributed by atoms with E-state index < -0.39 is 0 Å². The van der Waals surface area contributed by atoms with Gasteiger partial charge in [0.15, 0.2) is 0 Å². The molecule has 1 rings (SSSR count). The van der Waals surface area contributed by atoms with E-state index in [1.54, 1.807) is 0 Å². The Balaban J connectivity index is 2.75. The van der Waals surface area contributed by atoms with E-state index >= 15 is 0 Å². The predicted molar refractivity (Wildman–Crippen MR) is 70.8 cm³/mol. The summed E-state index contributed by atoms with van der Waals surface area (Å²) in [4.78, 5) is 2.22. The van der Waals surface area contributed by atoms with Gasteiger partial charge in [0.1, 0.15) is 0 Å². The van der Waals surface area contributed by atoms with Crippen LogP contribution in [0.5, 0.6) is 0 Å². The Morgan fingerprint density at radius 1 is 1.12 bits per heavy atom. The number of hydrogen-bond donors (Lipinski definition) is 1. The van der Waals surface area contributed by atoms with Gasteiger partial charge in [-0.2, -0.15) is 0 Å². The summed E-state index contributed by atoms with van der Waals surface area (Å²) in [6, 6.07) is 9.39. The molecule has 1 aromatic carbocycles. The highest BCUT2D eigenvalue weighted by molar-refractivity contribution is 5.25. The van der Waals surface area contributed by atoms with Gasteiger partial charge >= 0.3 is 0 Å². The number of hydrogen-bond acceptors (Lipinski definition) is 2. The quantitative estimate of drug-likeness (QED) is 0.792. The van der Waals surface area contributed by atoms with Crippen LogP contribution in [0.25, 0.3) is 0 Å². The third-order valence-electron chi connectivity index (χ3n) is 2.79. The minimum atomic E-state index is 0.436. The fraction of sp³-hybridized carbons (Fsp3) is 0.571. The monoisotopic (exact) mass is 220 g/mol. The molecular formula is C14H24N2. The standard InChI is InChI=1S/C14H24N2/c1-5-12-7-9-13(10-8-12)14(15-6-2)11-16(3)4/h7-10,14-15H,5-6,11H2,1-4H3. The van der Waals surface area contributed by atoms with Crippen molar-refractivity contribution in [2.75, 3.05) is 27.2 Å². The number of aryl methyl sites for hydroxylation is 1. The van der Waals surface area contributed by atoms with Crippen LogP contribution in [0.1, 0.15) is 31.0 Å². The minimum absolute atomic E-state index is 0.436. The Morgan fingerprint density at radius 3 is 2.19 bits per heavy atom. The Labute approximate surface area is 99.7 Å². The van der Waals surface area contributed by atoms with E-state index in [0.29, 0.717) is 6.04 Å². The lowest BCUT2D eigenvalue weighted by molar-refractivity contribution is 0.345. The first-order valence-electron chi connectivity index (χ1n) is 6.14. The lowest BCUT2D eigenvalue weighted by atomic mass is 10.0. The van der Waals surface area contributed by atoms with E-state index in [2.05, 4.69) is 62.4 Å². The summed E-state index contributed by atoms with van der Waals surface area (Å²) in [5, 5.41) is 3.53. The molecule has 0 saturated carbocycles. The highest BCUT2D eigenvalue weighted by Crippen LogP contribution is 2.15. The van der Waals surface area contributed by atoms with Crippen molar-refractivity contribution >= 4 is 0 Å². The third kappa shape index (κ3) is 3.95. The second-order valence-electron chi connectivity index (χ2n) is 4.47. The van der Waals surface area contributed by atoms with Gasteiger partial charge in [-0.25, -0.2) is 0 Å². The molecule has 90 valence electrons. The van der Waals surface area contributed by atoms with Crippen molar-refractivity contribution in [3.8, 4) is 0 Å². The van der Waals surface area contributed by atoms with E-state index in [0.717, 1.165) is 19.5 Å². The molecule has 0 aromatic heterocycles. The van der Waals surface area contributed by atoms with Crippen LogP contribution in [0.15, 0.2) is 24.3 Å². The van der Waals surface area contributed by atoms with E-state index in [1.165, 1.54) is 11.1 Å². The zero-order valence-corrected chi connectivity index (χ0v) is 11.0.